The van der Waals surface area contributed by atoms with Crippen LogP contribution in [-0.4, -0.2) is 5.97 Å². The number of halogens is 1. The smallest absolute Gasteiger partial charge is 0.344 e. The first-order chi connectivity index (χ1) is 13.5. The molecule has 28 heavy (non-hydrogen) atoms. The second-order valence-electron chi connectivity index (χ2n) is 6.26. The highest BCUT2D eigenvalue weighted by Gasteiger charge is 2.16. The van der Waals surface area contributed by atoms with E-state index in [1.807, 2.05) is 36.4 Å². The standard InChI is InChI=1S/C23H15BrO4/c1-14-21(15-7-3-2-4-8-15)22(25)18-12-11-16(13-20(18)27-14)28-23(26)17-9-5-6-10-19(17)24/h2-13H,1H3. The van der Waals surface area contributed by atoms with Gasteiger partial charge in [0.2, 0.25) is 5.43 Å². The maximum absolute atomic E-state index is 13.0. The first-order valence-corrected chi connectivity index (χ1v) is 9.43. The highest BCUT2D eigenvalue weighted by Crippen LogP contribution is 2.27. The van der Waals surface area contributed by atoms with Gasteiger partial charge in [0.05, 0.1) is 16.5 Å². The van der Waals surface area contributed by atoms with E-state index in [2.05, 4.69) is 15.9 Å². The van der Waals surface area contributed by atoms with E-state index in [9.17, 15) is 9.59 Å². The molecule has 0 amide bonds. The molecule has 0 aliphatic heterocycles. The number of aryl methyl sites for hydroxylation is 1. The van der Waals surface area contributed by atoms with E-state index in [1.165, 1.54) is 0 Å². The molecule has 0 fully saturated rings. The molecule has 0 saturated heterocycles. The summed E-state index contributed by atoms with van der Waals surface area (Å²) in [4.78, 5) is 25.4. The third-order valence-electron chi connectivity index (χ3n) is 4.41. The third kappa shape index (κ3) is 3.37. The largest absolute Gasteiger partial charge is 0.460 e. The van der Waals surface area contributed by atoms with Crippen molar-refractivity contribution in [2.45, 2.75) is 6.92 Å². The summed E-state index contributed by atoms with van der Waals surface area (Å²) in [5.74, 6) is 0.327. The first kappa shape index (κ1) is 18.2. The normalized spacial score (nSPS) is 10.8. The van der Waals surface area contributed by atoms with Crippen molar-refractivity contribution in [3.8, 4) is 16.9 Å². The maximum atomic E-state index is 13.0. The fourth-order valence-electron chi connectivity index (χ4n) is 3.08. The molecule has 4 aromatic rings. The Balaban J connectivity index is 1.74. The summed E-state index contributed by atoms with van der Waals surface area (Å²) in [6.45, 7) is 1.75. The van der Waals surface area contributed by atoms with Gasteiger partial charge in [0.1, 0.15) is 17.1 Å². The quantitative estimate of drug-likeness (QED) is 0.304. The zero-order valence-corrected chi connectivity index (χ0v) is 16.5. The number of hydrogen-bond acceptors (Lipinski definition) is 4. The van der Waals surface area contributed by atoms with Crippen molar-refractivity contribution >= 4 is 32.9 Å². The molecule has 0 saturated carbocycles. The highest BCUT2D eigenvalue weighted by molar-refractivity contribution is 9.10. The number of ether oxygens (including phenoxy) is 1. The van der Waals surface area contributed by atoms with Crippen LogP contribution in [0.4, 0.5) is 0 Å². The molecule has 4 rings (SSSR count). The lowest BCUT2D eigenvalue weighted by atomic mass is 10.0. The van der Waals surface area contributed by atoms with Gasteiger partial charge in [0, 0.05) is 10.5 Å². The Hall–Kier alpha value is -3.18. The van der Waals surface area contributed by atoms with E-state index < -0.39 is 5.97 Å². The van der Waals surface area contributed by atoms with E-state index in [1.54, 1.807) is 43.3 Å². The van der Waals surface area contributed by atoms with Crippen LogP contribution in [0.3, 0.4) is 0 Å². The molecule has 138 valence electrons. The number of benzene rings is 3. The Kier molecular flexibility index (Phi) is 4.84. The molecule has 0 aliphatic rings. The number of fused-ring (bicyclic) bond motifs is 1. The van der Waals surface area contributed by atoms with Crippen LogP contribution in [0.15, 0.2) is 86.5 Å². The van der Waals surface area contributed by atoms with Crippen molar-refractivity contribution in [2.24, 2.45) is 0 Å². The zero-order chi connectivity index (χ0) is 19.7. The van der Waals surface area contributed by atoms with E-state index in [-0.39, 0.29) is 5.43 Å². The molecular formula is C23H15BrO4. The molecule has 0 atom stereocenters. The molecule has 0 spiro atoms. The van der Waals surface area contributed by atoms with Crippen LogP contribution in [0.25, 0.3) is 22.1 Å². The van der Waals surface area contributed by atoms with Crippen LogP contribution in [-0.2, 0) is 0 Å². The third-order valence-corrected chi connectivity index (χ3v) is 5.10. The monoisotopic (exact) mass is 434 g/mol. The lowest BCUT2D eigenvalue weighted by Crippen LogP contribution is -2.10. The maximum Gasteiger partial charge on any atom is 0.344 e. The summed E-state index contributed by atoms with van der Waals surface area (Å²) in [7, 11) is 0. The van der Waals surface area contributed by atoms with Gasteiger partial charge < -0.3 is 9.15 Å². The van der Waals surface area contributed by atoms with E-state index in [0.29, 0.717) is 38.1 Å². The Morgan fingerprint density at radius 3 is 2.43 bits per heavy atom. The van der Waals surface area contributed by atoms with Crippen LogP contribution in [0.2, 0.25) is 0 Å². The average molecular weight is 435 g/mol. The predicted molar refractivity (Wildman–Crippen MR) is 112 cm³/mol. The van der Waals surface area contributed by atoms with Crippen molar-refractivity contribution in [1.82, 2.24) is 0 Å². The molecule has 0 bridgehead atoms. The van der Waals surface area contributed by atoms with Crippen molar-refractivity contribution in [3.05, 3.63) is 98.8 Å². The number of hydrogen-bond donors (Lipinski definition) is 0. The van der Waals surface area contributed by atoms with Gasteiger partial charge in [-0.3, -0.25) is 4.79 Å². The van der Waals surface area contributed by atoms with Gasteiger partial charge in [0.15, 0.2) is 0 Å². The summed E-state index contributed by atoms with van der Waals surface area (Å²) >= 11 is 3.34. The summed E-state index contributed by atoms with van der Waals surface area (Å²) in [6, 6.07) is 21.2. The van der Waals surface area contributed by atoms with Crippen LogP contribution in [0, 0.1) is 6.92 Å². The second-order valence-corrected chi connectivity index (χ2v) is 7.11. The molecule has 4 nitrogen and oxygen atoms in total. The Morgan fingerprint density at radius 2 is 1.68 bits per heavy atom. The molecule has 0 radical (unpaired) electrons. The van der Waals surface area contributed by atoms with Crippen LogP contribution in [0.5, 0.6) is 5.75 Å². The minimum absolute atomic E-state index is 0.117. The highest BCUT2D eigenvalue weighted by atomic mass is 79.9. The summed E-state index contributed by atoms with van der Waals surface area (Å²) in [5.41, 5.74) is 2.01. The molecular weight excluding hydrogens is 420 g/mol. The Bertz CT molecular complexity index is 1240. The molecule has 1 aromatic heterocycles. The predicted octanol–water partition coefficient (Wildman–Crippen LogP) is 5.75. The van der Waals surface area contributed by atoms with Gasteiger partial charge in [-0.05, 0) is 52.7 Å². The fourth-order valence-corrected chi connectivity index (χ4v) is 3.52. The zero-order valence-electron chi connectivity index (χ0n) is 14.9. The lowest BCUT2D eigenvalue weighted by molar-refractivity contribution is 0.0734. The first-order valence-electron chi connectivity index (χ1n) is 8.64. The van der Waals surface area contributed by atoms with Crippen LogP contribution in [0.1, 0.15) is 16.1 Å². The molecule has 0 N–H and O–H groups in total. The van der Waals surface area contributed by atoms with Crippen molar-refractivity contribution < 1.29 is 13.9 Å². The molecule has 5 heteroatoms. The Morgan fingerprint density at radius 1 is 0.964 bits per heavy atom. The van der Waals surface area contributed by atoms with Gasteiger partial charge in [-0.15, -0.1) is 0 Å². The molecule has 1 heterocycles. The van der Waals surface area contributed by atoms with E-state index in [4.69, 9.17) is 9.15 Å². The van der Waals surface area contributed by atoms with Gasteiger partial charge >= 0.3 is 5.97 Å². The van der Waals surface area contributed by atoms with Crippen LogP contribution < -0.4 is 10.2 Å². The molecule has 3 aromatic carbocycles. The molecule has 0 unspecified atom stereocenters. The summed E-state index contributed by atoms with van der Waals surface area (Å²) in [5, 5.41) is 0.435. The lowest BCUT2D eigenvalue weighted by Gasteiger charge is -2.09. The van der Waals surface area contributed by atoms with Crippen molar-refractivity contribution in [2.75, 3.05) is 0 Å². The topological polar surface area (TPSA) is 56.5 Å². The van der Waals surface area contributed by atoms with Gasteiger partial charge in [0.25, 0.3) is 0 Å². The van der Waals surface area contributed by atoms with Crippen molar-refractivity contribution in [1.29, 1.82) is 0 Å². The fraction of sp³-hybridized carbons (Fsp3) is 0.0435. The number of rotatable bonds is 3. The van der Waals surface area contributed by atoms with Gasteiger partial charge in [-0.1, -0.05) is 42.5 Å². The SMILES string of the molecule is Cc1oc2cc(OC(=O)c3ccccc3Br)ccc2c(=O)c1-c1ccccc1. The number of esters is 1. The molecule has 0 aliphatic carbocycles. The summed E-state index contributed by atoms with van der Waals surface area (Å²) in [6.07, 6.45) is 0. The summed E-state index contributed by atoms with van der Waals surface area (Å²) < 4.78 is 12.0. The van der Waals surface area contributed by atoms with Gasteiger partial charge in [-0.25, -0.2) is 4.79 Å². The van der Waals surface area contributed by atoms with E-state index in [0.717, 1.165) is 5.56 Å². The van der Waals surface area contributed by atoms with E-state index >= 15 is 0 Å². The Labute approximate surface area is 169 Å². The minimum Gasteiger partial charge on any atom is -0.460 e. The van der Waals surface area contributed by atoms with Gasteiger partial charge in [-0.2, -0.15) is 0 Å². The van der Waals surface area contributed by atoms with Crippen LogP contribution >= 0.6 is 15.9 Å². The average Bonchev–Trinajstić information content (AvgIpc) is 2.69. The van der Waals surface area contributed by atoms with Crippen molar-refractivity contribution in [3.63, 3.8) is 0 Å². The number of carbonyl (C=O) groups excluding carboxylic acids is 1. The minimum atomic E-state index is -0.494. The number of carbonyl (C=O) groups is 1. The second kappa shape index (κ2) is 7.44.